The molecule has 0 aliphatic carbocycles. The Labute approximate surface area is 394 Å². The van der Waals surface area contributed by atoms with E-state index in [0.29, 0.717) is 0 Å². The van der Waals surface area contributed by atoms with Gasteiger partial charge in [-0.05, 0) is 132 Å². The van der Waals surface area contributed by atoms with E-state index in [1.54, 1.807) is 0 Å². The number of hydrogen-bond donors (Lipinski definition) is 1. The summed E-state index contributed by atoms with van der Waals surface area (Å²) in [6.07, 6.45) is 6.62. The third-order valence-corrected chi connectivity index (χ3v) is 13.9. The van der Waals surface area contributed by atoms with Crippen molar-refractivity contribution in [3.8, 4) is 27.9 Å². The highest BCUT2D eigenvalue weighted by atomic mass is 15.0. The molecule has 2 N–H and O–H groups in total. The second-order valence-corrected chi connectivity index (χ2v) is 17.8. The van der Waals surface area contributed by atoms with Gasteiger partial charge < -0.3 is 14.9 Å². The first-order valence-corrected chi connectivity index (χ1v) is 23.4. The zero-order valence-corrected chi connectivity index (χ0v) is 37.3. The number of nitrogens with two attached hydrogens (primary N) is 1. The Morgan fingerprint density at radius 3 is 1.54 bits per heavy atom. The lowest BCUT2D eigenvalue weighted by atomic mass is 9.91. The Kier molecular flexibility index (Phi) is 9.48. The zero-order valence-electron chi connectivity index (χ0n) is 37.3. The molecule has 11 aromatic carbocycles. The smallest absolute Gasteiger partial charge is 0.0547 e. The summed E-state index contributed by atoms with van der Waals surface area (Å²) in [4.78, 5) is 0. The number of hydrogen-bond acceptors (Lipinski definition) is 1. The summed E-state index contributed by atoms with van der Waals surface area (Å²) in [7, 11) is 0. The lowest BCUT2D eigenvalue weighted by Gasteiger charge is -2.14. The molecule has 68 heavy (non-hydrogen) atoms. The van der Waals surface area contributed by atoms with E-state index in [0.717, 1.165) is 39.0 Å². The summed E-state index contributed by atoms with van der Waals surface area (Å²) in [6, 6.07) is 85.2. The lowest BCUT2D eigenvalue weighted by Crippen LogP contribution is -2.08. The molecule has 1 atom stereocenters. The Bertz CT molecular complexity index is 4120. The molecule has 320 valence electrons. The van der Waals surface area contributed by atoms with Crippen LogP contribution in [0.1, 0.15) is 17.2 Å². The van der Waals surface area contributed by atoms with Gasteiger partial charge in [-0.15, -0.1) is 0 Å². The van der Waals surface area contributed by atoms with Crippen molar-refractivity contribution in [2.75, 3.05) is 0 Å². The fourth-order valence-electron chi connectivity index (χ4n) is 10.7. The van der Waals surface area contributed by atoms with Crippen LogP contribution in [0.2, 0.25) is 0 Å². The largest absolute Gasteiger partial charge is 0.321 e. The van der Waals surface area contributed by atoms with Gasteiger partial charge in [-0.3, -0.25) is 0 Å². The molecule has 0 bridgehead atoms. The van der Waals surface area contributed by atoms with Crippen LogP contribution in [0.3, 0.4) is 0 Å². The van der Waals surface area contributed by atoms with Crippen LogP contribution in [-0.4, -0.2) is 9.13 Å². The number of nitrogens with zero attached hydrogens (tertiary/aromatic N) is 2. The van der Waals surface area contributed by atoms with Crippen LogP contribution in [0.4, 0.5) is 0 Å². The van der Waals surface area contributed by atoms with E-state index < -0.39 is 0 Å². The van der Waals surface area contributed by atoms with Gasteiger partial charge in [-0.25, -0.2) is 0 Å². The topological polar surface area (TPSA) is 35.9 Å². The molecule has 0 aliphatic rings. The van der Waals surface area contributed by atoms with Gasteiger partial charge in [0.05, 0.1) is 22.1 Å². The number of fused-ring (bicyclic) bond motifs is 12. The Hall–Kier alpha value is -8.76. The van der Waals surface area contributed by atoms with E-state index in [2.05, 4.69) is 264 Å². The number of aromatic nitrogens is 2. The minimum absolute atomic E-state index is 0.348. The van der Waals surface area contributed by atoms with E-state index in [1.807, 2.05) is 0 Å². The molecule has 1 unspecified atom stereocenters. The first-order valence-electron chi connectivity index (χ1n) is 23.4. The average Bonchev–Trinajstić information content (AvgIpc) is 3.92. The molecule has 2 aromatic heterocycles. The lowest BCUT2D eigenvalue weighted by molar-refractivity contribution is 0.914. The van der Waals surface area contributed by atoms with Gasteiger partial charge >= 0.3 is 0 Å². The van der Waals surface area contributed by atoms with Crippen molar-refractivity contribution in [3.63, 3.8) is 0 Å². The average molecular weight is 868 g/mol. The van der Waals surface area contributed by atoms with Crippen LogP contribution >= 0.6 is 0 Å². The molecule has 0 radical (unpaired) electrons. The van der Waals surface area contributed by atoms with Gasteiger partial charge in [0.2, 0.25) is 0 Å². The standard InChI is InChI=1S/C65H45N3/c66-61(49-19-15-18-44(38-49)45-30-33-55-53-24-8-7-22-51(53)52-23-9-10-25-54(52)59(55)39-45)41-48(43-16-3-1-4-17-43)36-37-67-62-28-13-11-27-57(62)60-40-46(32-35-63(60)67)47-31-34-58-56-26-12-14-29-64(56)68(65(58)42-47)50-20-5-2-6-21-50/h1-42,61H,66H2/b37-36+,48-41+. The molecule has 0 aliphatic heterocycles. The Balaban J connectivity index is 0.875. The van der Waals surface area contributed by atoms with Gasteiger partial charge in [0.1, 0.15) is 0 Å². The van der Waals surface area contributed by atoms with Crippen LogP contribution < -0.4 is 5.73 Å². The molecule has 13 rings (SSSR count). The van der Waals surface area contributed by atoms with Gasteiger partial charge in [0, 0.05) is 39.5 Å². The van der Waals surface area contributed by atoms with E-state index in [1.165, 1.54) is 81.6 Å². The minimum Gasteiger partial charge on any atom is -0.321 e. The number of rotatable bonds is 8. The number of benzene rings is 11. The predicted molar refractivity (Wildman–Crippen MR) is 290 cm³/mol. The molecular weight excluding hydrogens is 823 g/mol. The maximum Gasteiger partial charge on any atom is 0.0547 e. The van der Waals surface area contributed by atoms with Crippen molar-refractivity contribution in [2.45, 2.75) is 6.04 Å². The molecule has 0 saturated carbocycles. The summed E-state index contributed by atoms with van der Waals surface area (Å²) in [5.74, 6) is 0. The molecule has 0 spiro atoms. The third kappa shape index (κ3) is 6.63. The highest BCUT2D eigenvalue weighted by molar-refractivity contribution is 6.25. The van der Waals surface area contributed by atoms with Gasteiger partial charge in [-0.2, -0.15) is 0 Å². The summed E-state index contributed by atoms with van der Waals surface area (Å²) in [5.41, 5.74) is 20.9. The minimum atomic E-state index is -0.348. The highest BCUT2D eigenvalue weighted by Crippen LogP contribution is 2.40. The normalized spacial score (nSPS) is 12.8. The first kappa shape index (κ1) is 39.6. The summed E-state index contributed by atoms with van der Waals surface area (Å²) in [5, 5.41) is 12.6. The highest BCUT2D eigenvalue weighted by Gasteiger charge is 2.16. The third-order valence-electron chi connectivity index (χ3n) is 13.9. The van der Waals surface area contributed by atoms with Crippen LogP contribution in [-0.2, 0) is 0 Å². The van der Waals surface area contributed by atoms with Gasteiger partial charge in [0.25, 0.3) is 0 Å². The monoisotopic (exact) mass is 867 g/mol. The summed E-state index contributed by atoms with van der Waals surface area (Å²) >= 11 is 0. The van der Waals surface area contributed by atoms with Crippen LogP contribution in [0.25, 0.3) is 116 Å². The molecule has 0 fully saturated rings. The van der Waals surface area contributed by atoms with Gasteiger partial charge in [0.15, 0.2) is 0 Å². The van der Waals surface area contributed by atoms with Crippen molar-refractivity contribution >= 4 is 87.7 Å². The first-order chi connectivity index (χ1) is 33.6. The SMILES string of the molecule is NC(/C=C(\C=C\n1c2ccccc2c2cc(-c3ccc4c5ccccc5n(-c5ccccc5)c4c3)ccc21)c1ccccc1)c1cccc(-c2ccc3c4ccccc4c4ccccc4c3c2)c1. The fourth-order valence-corrected chi connectivity index (χ4v) is 10.7. The summed E-state index contributed by atoms with van der Waals surface area (Å²) < 4.78 is 4.71. The quantitative estimate of drug-likeness (QED) is 0.120. The molecule has 0 saturated heterocycles. The van der Waals surface area contributed by atoms with Crippen LogP contribution in [0, 0.1) is 0 Å². The number of para-hydroxylation sites is 3. The van der Waals surface area contributed by atoms with Gasteiger partial charge in [-0.1, -0.05) is 188 Å². The predicted octanol–water partition coefficient (Wildman–Crippen LogP) is 16.9. The molecule has 13 aromatic rings. The Morgan fingerprint density at radius 2 is 0.838 bits per heavy atom. The summed E-state index contributed by atoms with van der Waals surface area (Å²) in [6.45, 7) is 0. The van der Waals surface area contributed by atoms with Crippen LogP contribution in [0.15, 0.2) is 249 Å². The zero-order chi connectivity index (χ0) is 45.1. The second kappa shape index (κ2) is 16.3. The maximum atomic E-state index is 7.19. The van der Waals surface area contributed by atoms with E-state index >= 15 is 0 Å². The molecule has 0 amide bonds. The molecule has 3 nitrogen and oxygen atoms in total. The Morgan fingerprint density at radius 1 is 0.353 bits per heavy atom. The van der Waals surface area contributed by atoms with Crippen molar-refractivity contribution in [2.24, 2.45) is 5.73 Å². The fraction of sp³-hybridized carbons (Fsp3) is 0.0154. The van der Waals surface area contributed by atoms with E-state index in [4.69, 9.17) is 5.73 Å². The van der Waals surface area contributed by atoms with E-state index in [-0.39, 0.29) is 6.04 Å². The molecule has 3 heteroatoms. The number of allylic oxidation sites excluding steroid dienone is 2. The van der Waals surface area contributed by atoms with E-state index in [9.17, 15) is 0 Å². The van der Waals surface area contributed by atoms with Crippen molar-refractivity contribution < 1.29 is 0 Å². The van der Waals surface area contributed by atoms with Crippen molar-refractivity contribution in [3.05, 3.63) is 260 Å². The van der Waals surface area contributed by atoms with Crippen molar-refractivity contribution in [1.82, 2.24) is 9.13 Å². The van der Waals surface area contributed by atoms with Crippen LogP contribution in [0.5, 0.6) is 0 Å². The molecular formula is C65H45N3. The van der Waals surface area contributed by atoms with Crippen molar-refractivity contribution in [1.29, 1.82) is 0 Å². The maximum absolute atomic E-state index is 7.19. The molecule has 2 heterocycles. The second-order valence-electron chi connectivity index (χ2n) is 17.8.